The molecule has 1 heterocycles. The number of hydrogen-bond donors (Lipinski definition) is 1. The van der Waals surface area contributed by atoms with E-state index in [4.69, 9.17) is 9.52 Å². The highest BCUT2D eigenvalue weighted by molar-refractivity contribution is 9.10. The largest absolute Gasteiger partial charge is 0.444 e. The lowest BCUT2D eigenvalue weighted by Crippen LogP contribution is -2.47. The molecule has 1 rings (SSSR count). The molecule has 0 bridgehead atoms. The first-order chi connectivity index (χ1) is 6.88. The maximum absolute atomic E-state index is 11.9. The summed E-state index contributed by atoms with van der Waals surface area (Å²) in [5.41, 5.74) is -0.601. The van der Waals surface area contributed by atoms with Crippen molar-refractivity contribution >= 4 is 21.8 Å². The SMILES string of the molecule is CN(C(=O)c1ccc(Br)o1)C(C)(C)CO. The highest BCUT2D eigenvalue weighted by Crippen LogP contribution is 2.19. The van der Waals surface area contributed by atoms with Gasteiger partial charge in [0.15, 0.2) is 10.4 Å². The van der Waals surface area contributed by atoms with Crippen molar-refractivity contribution in [2.75, 3.05) is 13.7 Å². The summed E-state index contributed by atoms with van der Waals surface area (Å²) < 4.78 is 5.66. The molecule has 0 aliphatic carbocycles. The first-order valence-electron chi connectivity index (χ1n) is 4.53. The van der Waals surface area contributed by atoms with Crippen LogP contribution in [0.25, 0.3) is 0 Å². The van der Waals surface area contributed by atoms with Gasteiger partial charge in [0.2, 0.25) is 0 Å². The van der Waals surface area contributed by atoms with Crippen molar-refractivity contribution < 1.29 is 14.3 Å². The lowest BCUT2D eigenvalue weighted by Gasteiger charge is -2.33. The van der Waals surface area contributed by atoms with Gasteiger partial charge in [-0.3, -0.25) is 4.79 Å². The van der Waals surface area contributed by atoms with Gasteiger partial charge in [-0.25, -0.2) is 0 Å². The Balaban J connectivity index is 2.86. The molecule has 1 aromatic heterocycles. The summed E-state index contributed by atoms with van der Waals surface area (Å²) in [6.07, 6.45) is 0. The Labute approximate surface area is 97.0 Å². The smallest absolute Gasteiger partial charge is 0.289 e. The molecule has 0 radical (unpaired) electrons. The number of aliphatic hydroxyl groups is 1. The molecule has 0 aromatic carbocycles. The first-order valence-corrected chi connectivity index (χ1v) is 5.32. The third-order valence-electron chi connectivity index (χ3n) is 2.38. The Morgan fingerprint density at radius 3 is 2.60 bits per heavy atom. The van der Waals surface area contributed by atoms with Gasteiger partial charge in [-0.1, -0.05) is 0 Å². The molecular weight excluding hydrogens is 262 g/mol. The van der Waals surface area contributed by atoms with Crippen molar-refractivity contribution in [1.29, 1.82) is 0 Å². The van der Waals surface area contributed by atoms with Gasteiger partial charge in [-0.05, 0) is 41.9 Å². The van der Waals surface area contributed by atoms with Gasteiger partial charge in [0.25, 0.3) is 5.91 Å². The zero-order valence-corrected chi connectivity index (χ0v) is 10.5. The maximum Gasteiger partial charge on any atom is 0.289 e. The zero-order chi connectivity index (χ0) is 11.6. The second-order valence-corrected chi connectivity index (χ2v) is 4.72. The minimum absolute atomic E-state index is 0.100. The number of carbonyl (C=O) groups is 1. The van der Waals surface area contributed by atoms with Gasteiger partial charge in [0.05, 0.1) is 12.1 Å². The molecule has 1 aromatic rings. The number of hydrogen-bond acceptors (Lipinski definition) is 3. The highest BCUT2D eigenvalue weighted by atomic mass is 79.9. The van der Waals surface area contributed by atoms with Gasteiger partial charge in [-0.2, -0.15) is 0 Å². The van der Waals surface area contributed by atoms with Crippen LogP contribution in [0.2, 0.25) is 0 Å². The Hall–Kier alpha value is -0.810. The Kier molecular flexibility index (Phi) is 3.57. The number of rotatable bonds is 3. The number of nitrogens with zero attached hydrogens (tertiary/aromatic N) is 1. The van der Waals surface area contributed by atoms with Crippen LogP contribution >= 0.6 is 15.9 Å². The summed E-state index contributed by atoms with van der Waals surface area (Å²) in [4.78, 5) is 13.3. The van der Waals surface area contributed by atoms with Crippen LogP contribution in [0.4, 0.5) is 0 Å². The van der Waals surface area contributed by atoms with Crippen molar-refractivity contribution in [2.24, 2.45) is 0 Å². The van der Waals surface area contributed by atoms with Gasteiger partial charge >= 0.3 is 0 Å². The molecule has 0 saturated carbocycles. The summed E-state index contributed by atoms with van der Waals surface area (Å²) in [6, 6.07) is 3.25. The predicted molar refractivity (Wildman–Crippen MR) is 59.7 cm³/mol. The zero-order valence-electron chi connectivity index (χ0n) is 8.95. The molecule has 0 aliphatic heterocycles. The van der Waals surface area contributed by atoms with Crippen molar-refractivity contribution in [3.63, 3.8) is 0 Å². The number of furan rings is 1. The lowest BCUT2D eigenvalue weighted by atomic mass is 10.1. The van der Waals surface area contributed by atoms with E-state index in [1.54, 1.807) is 33.0 Å². The molecule has 15 heavy (non-hydrogen) atoms. The fourth-order valence-electron chi connectivity index (χ4n) is 0.975. The van der Waals surface area contributed by atoms with Crippen LogP contribution in [-0.4, -0.2) is 35.1 Å². The summed E-state index contributed by atoms with van der Waals surface area (Å²) >= 11 is 3.13. The fourth-order valence-corrected chi connectivity index (χ4v) is 1.28. The lowest BCUT2D eigenvalue weighted by molar-refractivity contribution is 0.0443. The van der Waals surface area contributed by atoms with Gasteiger partial charge in [0, 0.05) is 7.05 Å². The van der Waals surface area contributed by atoms with Crippen molar-refractivity contribution in [2.45, 2.75) is 19.4 Å². The van der Waals surface area contributed by atoms with E-state index in [0.29, 0.717) is 4.67 Å². The molecule has 0 spiro atoms. The maximum atomic E-state index is 11.9. The minimum Gasteiger partial charge on any atom is -0.444 e. The molecule has 0 atom stereocenters. The Morgan fingerprint density at radius 1 is 1.60 bits per heavy atom. The predicted octanol–water partition coefficient (Wildman–Crippen LogP) is 1.89. The van der Waals surface area contributed by atoms with E-state index in [1.807, 2.05) is 0 Å². The minimum atomic E-state index is -0.601. The van der Waals surface area contributed by atoms with E-state index in [2.05, 4.69) is 15.9 Å². The number of amides is 1. The van der Waals surface area contributed by atoms with Crippen LogP contribution in [0.3, 0.4) is 0 Å². The summed E-state index contributed by atoms with van der Waals surface area (Å²) in [5, 5.41) is 9.13. The highest BCUT2D eigenvalue weighted by Gasteiger charge is 2.29. The van der Waals surface area contributed by atoms with Crippen molar-refractivity contribution in [1.82, 2.24) is 4.90 Å². The monoisotopic (exact) mass is 275 g/mol. The van der Waals surface area contributed by atoms with E-state index in [-0.39, 0.29) is 18.3 Å². The first kappa shape index (κ1) is 12.3. The second kappa shape index (κ2) is 4.37. The summed E-state index contributed by atoms with van der Waals surface area (Å²) in [6.45, 7) is 3.46. The van der Waals surface area contributed by atoms with Gasteiger partial charge in [-0.15, -0.1) is 0 Å². The van der Waals surface area contributed by atoms with Crippen LogP contribution in [0.1, 0.15) is 24.4 Å². The fraction of sp³-hybridized carbons (Fsp3) is 0.500. The molecule has 0 fully saturated rings. The number of halogens is 1. The molecule has 4 nitrogen and oxygen atoms in total. The molecule has 1 N–H and O–H groups in total. The number of aliphatic hydroxyl groups excluding tert-OH is 1. The third-order valence-corrected chi connectivity index (χ3v) is 2.81. The number of carbonyl (C=O) groups excluding carboxylic acids is 1. The van der Waals surface area contributed by atoms with E-state index in [0.717, 1.165) is 0 Å². The van der Waals surface area contributed by atoms with Crippen LogP contribution in [-0.2, 0) is 0 Å². The standard InChI is InChI=1S/C10H14BrNO3/c1-10(2,6-13)12(3)9(14)7-4-5-8(11)15-7/h4-5,13H,6H2,1-3H3. The molecule has 0 unspecified atom stereocenters. The van der Waals surface area contributed by atoms with Crippen LogP contribution in [0, 0.1) is 0 Å². The molecule has 0 saturated heterocycles. The molecule has 0 aliphatic rings. The molecule has 5 heteroatoms. The summed E-state index contributed by atoms with van der Waals surface area (Å²) in [5.74, 6) is 0.00523. The van der Waals surface area contributed by atoms with E-state index < -0.39 is 5.54 Å². The summed E-state index contributed by atoms with van der Waals surface area (Å²) in [7, 11) is 1.63. The Morgan fingerprint density at radius 2 is 2.20 bits per heavy atom. The van der Waals surface area contributed by atoms with Crippen LogP contribution in [0.15, 0.2) is 21.2 Å². The molecular formula is C10H14BrNO3. The van der Waals surface area contributed by atoms with Gasteiger partial charge in [0.1, 0.15) is 0 Å². The molecule has 1 amide bonds. The van der Waals surface area contributed by atoms with Gasteiger partial charge < -0.3 is 14.4 Å². The molecule has 84 valence electrons. The van der Waals surface area contributed by atoms with Crippen LogP contribution < -0.4 is 0 Å². The van der Waals surface area contributed by atoms with E-state index >= 15 is 0 Å². The normalized spacial score (nSPS) is 11.5. The van der Waals surface area contributed by atoms with Crippen molar-refractivity contribution in [3.8, 4) is 0 Å². The van der Waals surface area contributed by atoms with Crippen LogP contribution in [0.5, 0.6) is 0 Å². The second-order valence-electron chi connectivity index (χ2n) is 3.94. The van der Waals surface area contributed by atoms with Crippen molar-refractivity contribution in [3.05, 3.63) is 22.6 Å². The van der Waals surface area contributed by atoms with E-state index in [9.17, 15) is 4.79 Å². The third kappa shape index (κ3) is 2.60. The Bertz CT molecular complexity index is 359. The number of likely N-dealkylation sites (N-methyl/N-ethyl adjacent to an activating group) is 1. The average Bonchev–Trinajstić information content (AvgIpc) is 2.62. The average molecular weight is 276 g/mol. The topological polar surface area (TPSA) is 53.7 Å². The quantitative estimate of drug-likeness (QED) is 0.917. The van der Waals surface area contributed by atoms with E-state index in [1.165, 1.54) is 4.90 Å².